The van der Waals surface area contributed by atoms with Crippen LogP contribution in [0.2, 0.25) is 5.02 Å². The number of halogens is 2. The molecule has 0 bridgehead atoms. The lowest BCUT2D eigenvalue weighted by molar-refractivity contribution is -0.120. The number of anilines is 2. The zero-order valence-electron chi connectivity index (χ0n) is 17.3. The number of carbonyl (C=O) groups excluding carboxylic acids is 3. The number of nitrogens with one attached hydrogen (secondary N) is 2. The number of nitrogens with zero attached hydrogens (tertiary/aromatic N) is 1. The van der Waals surface area contributed by atoms with Crippen molar-refractivity contribution in [3.8, 4) is 0 Å². The van der Waals surface area contributed by atoms with Gasteiger partial charge in [0.25, 0.3) is 17.7 Å². The van der Waals surface area contributed by atoms with E-state index in [-0.39, 0.29) is 22.7 Å². The summed E-state index contributed by atoms with van der Waals surface area (Å²) in [5.74, 6) is -1.51. The van der Waals surface area contributed by atoms with E-state index in [1.807, 2.05) is 6.92 Å². The highest BCUT2D eigenvalue weighted by molar-refractivity contribution is 6.53. The third-order valence-corrected chi connectivity index (χ3v) is 6.11. The van der Waals surface area contributed by atoms with Crippen LogP contribution in [0.1, 0.15) is 28.8 Å². The maximum Gasteiger partial charge on any atom is 0.283 e. The lowest BCUT2D eigenvalue weighted by Crippen LogP contribution is -2.32. The molecule has 2 aliphatic rings. The van der Waals surface area contributed by atoms with Gasteiger partial charge in [0.1, 0.15) is 10.7 Å². The highest BCUT2D eigenvalue weighted by Gasteiger charge is 2.39. The Labute approximate surface area is 195 Å². The van der Waals surface area contributed by atoms with Gasteiger partial charge in [-0.15, -0.1) is 0 Å². The van der Waals surface area contributed by atoms with E-state index >= 15 is 0 Å². The van der Waals surface area contributed by atoms with Gasteiger partial charge in [0, 0.05) is 29.4 Å². The molecule has 9 heteroatoms. The van der Waals surface area contributed by atoms with Crippen molar-refractivity contribution >= 4 is 52.3 Å². The molecule has 2 aromatic rings. The summed E-state index contributed by atoms with van der Waals surface area (Å²) in [6.45, 7) is 2.98. The van der Waals surface area contributed by atoms with E-state index in [4.69, 9.17) is 27.9 Å². The highest BCUT2D eigenvalue weighted by Crippen LogP contribution is 2.32. The first-order valence-electron chi connectivity index (χ1n) is 10.2. The smallest absolute Gasteiger partial charge is 0.283 e. The second-order valence-corrected chi connectivity index (χ2v) is 8.40. The van der Waals surface area contributed by atoms with Gasteiger partial charge in [0.2, 0.25) is 0 Å². The molecule has 2 N–H and O–H groups in total. The number of hydrogen-bond acceptors (Lipinski definition) is 5. The molecule has 1 atom stereocenters. The van der Waals surface area contributed by atoms with Crippen LogP contribution in [0.15, 0.2) is 53.2 Å². The summed E-state index contributed by atoms with van der Waals surface area (Å²) in [7, 11) is 0. The molecule has 0 aliphatic carbocycles. The fourth-order valence-corrected chi connectivity index (χ4v) is 3.95. The first-order valence-corrected chi connectivity index (χ1v) is 10.9. The number of ether oxygens (including phenoxy) is 1. The normalized spacial score (nSPS) is 18.5. The Morgan fingerprint density at radius 1 is 1.16 bits per heavy atom. The molecule has 2 heterocycles. The number of imide groups is 1. The van der Waals surface area contributed by atoms with Crippen molar-refractivity contribution in [2.75, 3.05) is 23.4 Å². The Kier molecular flexibility index (Phi) is 6.50. The molecule has 1 fully saturated rings. The van der Waals surface area contributed by atoms with Crippen LogP contribution >= 0.6 is 23.2 Å². The minimum absolute atomic E-state index is 0.0348. The Hall–Kier alpha value is -2.87. The van der Waals surface area contributed by atoms with Gasteiger partial charge >= 0.3 is 0 Å². The van der Waals surface area contributed by atoms with Crippen LogP contribution in [0.25, 0.3) is 0 Å². The second-order valence-electron chi connectivity index (χ2n) is 7.62. The minimum Gasteiger partial charge on any atom is -0.376 e. The number of hydrogen-bond donors (Lipinski definition) is 2. The quantitative estimate of drug-likeness (QED) is 0.619. The third kappa shape index (κ3) is 4.50. The average molecular weight is 474 g/mol. The summed E-state index contributed by atoms with van der Waals surface area (Å²) >= 11 is 12.3. The monoisotopic (exact) mass is 473 g/mol. The SMILES string of the molecule is Cc1ccc(N2C(=O)C(Cl)=C(Nc3cccc(C(=O)NCC4CCCO4)c3)C2=O)cc1Cl. The fourth-order valence-electron chi connectivity index (χ4n) is 3.56. The number of aryl methyl sites for hydroxylation is 1. The zero-order chi connectivity index (χ0) is 22.8. The van der Waals surface area contributed by atoms with E-state index in [9.17, 15) is 14.4 Å². The highest BCUT2D eigenvalue weighted by atomic mass is 35.5. The Bertz CT molecular complexity index is 1130. The molecule has 4 rings (SSSR count). The lowest BCUT2D eigenvalue weighted by atomic mass is 10.1. The molecule has 166 valence electrons. The van der Waals surface area contributed by atoms with Crippen LogP contribution in [0.3, 0.4) is 0 Å². The van der Waals surface area contributed by atoms with Crippen molar-refractivity contribution in [1.29, 1.82) is 0 Å². The van der Waals surface area contributed by atoms with E-state index in [0.717, 1.165) is 23.3 Å². The summed E-state index contributed by atoms with van der Waals surface area (Å²) in [5, 5.41) is 5.94. The van der Waals surface area contributed by atoms with Crippen molar-refractivity contribution < 1.29 is 19.1 Å². The minimum atomic E-state index is -0.649. The molecule has 2 aromatic carbocycles. The van der Waals surface area contributed by atoms with Crippen LogP contribution in [0, 0.1) is 6.92 Å². The molecule has 0 radical (unpaired) electrons. The summed E-state index contributed by atoms with van der Waals surface area (Å²) in [6.07, 6.45) is 1.95. The van der Waals surface area contributed by atoms with Crippen LogP contribution in [-0.2, 0) is 14.3 Å². The van der Waals surface area contributed by atoms with E-state index in [1.165, 1.54) is 0 Å². The van der Waals surface area contributed by atoms with Gasteiger partial charge in [-0.1, -0.05) is 35.3 Å². The molecule has 7 nitrogen and oxygen atoms in total. The Morgan fingerprint density at radius 3 is 2.69 bits per heavy atom. The second kappa shape index (κ2) is 9.32. The van der Waals surface area contributed by atoms with Crippen molar-refractivity contribution in [2.24, 2.45) is 0 Å². The molecule has 1 saturated heterocycles. The first kappa shape index (κ1) is 22.3. The topological polar surface area (TPSA) is 87.7 Å². The number of rotatable bonds is 6. The molecular weight excluding hydrogens is 453 g/mol. The number of benzene rings is 2. The van der Waals surface area contributed by atoms with E-state index in [1.54, 1.807) is 42.5 Å². The Balaban J connectivity index is 1.49. The maximum absolute atomic E-state index is 13.0. The first-order chi connectivity index (χ1) is 15.3. The zero-order valence-corrected chi connectivity index (χ0v) is 18.8. The standard InChI is InChI=1S/C23H21Cl2N3O4/c1-13-7-8-16(11-18(13)24)28-22(30)19(25)20(23(28)31)27-15-5-2-4-14(10-15)21(29)26-12-17-6-3-9-32-17/h2,4-5,7-8,10-11,17,27H,3,6,9,12H2,1H3,(H,26,29). The molecule has 32 heavy (non-hydrogen) atoms. The van der Waals surface area contributed by atoms with Gasteiger partial charge in [-0.05, 0) is 55.7 Å². The largest absolute Gasteiger partial charge is 0.376 e. The Morgan fingerprint density at radius 2 is 1.97 bits per heavy atom. The van der Waals surface area contributed by atoms with Gasteiger partial charge in [0.05, 0.1) is 11.8 Å². The van der Waals surface area contributed by atoms with Gasteiger partial charge in [0.15, 0.2) is 0 Å². The summed E-state index contributed by atoms with van der Waals surface area (Å²) in [5.41, 5.74) is 1.94. The molecule has 0 spiro atoms. The van der Waals surface area contributed by atoms with Crippen LogP contribution in [0.4, 0.5) is 11.4 Å². The number of carbonyl (C=O) groups is 3. The molecule has 2 aliphatic heterocycles. The van der Waals surface area contributed by atoms with Gasteiger partial charge < -0.3 is 15.4 Å². The van der Waals surface area contributed by atoms with E-state index < -0.39 is 11.8 Å². The van der Waals surface area contributed by atoms with Crippen molar-refractivity contribution in [1.82, 2.24) is 5.32 Å². The van der Waals surface area contributed by atoms with Gasteiger partial charge in [-0.2, -0.15) is 0 Å². The molecule has 0 saturated carbocycles. The summed E-state index contributed by atoms with van der Waals surface area (Å²) in [4.78, 5) is 39.1. The van der Waals surface area contributed by atoms with Crippen molar-refractivity contribution in [2.45, 2.75) is 25.9 Å². The third-order valence-electron chi connectivity index (χ3n) is 5.35. The van der Waals surface area contributed by atoms with Gasteiger partial charge in [-0.25, -0.2) is 4.90 Å². The van der Waals surface area contributed by atoms with Crippen LogP contribution in [0.5, 0.6) is 0 Å². The predicted molar refractivity (Wildman–Crippen MR) is 123 cm³/mol. The lowest BCUT2D eigenvalue weighted by Gasteiger charge is -2.16. The predicted octanol–water partition coefficient (Wildman–Crippen LogP) is 3.99. The average Bonchev–Trinajstić information content (AvgIpc) is 3.37. The molecule has 0 aromatic heterocycles. The maximum atomic E-state index is 13.0. The summed E-state index contributed by atoms with van der Waals surface area (Å²) < 4.78 is 5.52. The fraction of sp³-hybridized carbons (Fsp3) is 0.261. The van der Waals surface area contributed by atoms with Crippen molar-refractivity contribution in [3.05, 3.63) is 69.3 Å². The van der Waals surface area contributed by atoms with E-state index in [0.29, 0.717) is 35.1 Å². The van der Waals surface area contributed by atoms with Crippen LogP contribution in [-0.4, -0.2) is 37.0 Å². The summed E-state index contributed by atoms with van der Waals surface area (Å²) in [6, 6.07) is 11.5. The van der Waals surface area contributed by atoms with Crippen LogP contribution < -0.4 is 15.5 Å². The number of amides is 3. The molecule has 3 amide bonds. The molecule has 1 unspecified atom stereocenters. The van der Waals surface area contributed by atoms with Gasteiger partial charge in [-0.3, -0.25) is 14.4 Å². The van der Waals surface area contributed by atoms with E-state index in [2.05, 4.69) is 10.6 Å². The molecular formula is C23H21Cl2N3O4. The van der Waals surface area contributed by atoms with Crippen molar-refractivity contribution in [3.63, 3.8) is 0 Å².